The Kier molecular flexibility index (Phi) is 7.09. The third-order valence-corrected chi connectivity index (χ3v) is 2.35. The molecule has 0 saturated heterocycles. The highest BCUT2D eigenvalue weighted by Gasteiger charge is 1.99. The fraction of sp³-hybridized carbons (Fsp3) is 0.429. The molecule has 1 heterocycles. The van der Waals surface area contributed by atoms with Crippen LogP contribution in [0.4, 0.5) is 0 Å². The number of guanidine groups is 1. The van der Waals surface area contributed by atoms with Gasteiger partial charge in [0, 0.05) is 32.4 Å². The van der Waals surface area contributed by atoms with Gasteiger partial charge in [-0.25, -0.2) is 4.98 Å². The van der Waals surface area contributed by atoms with Crippen LogP contribution in [-0.2, 0) is 6.54 Å². The van der Waals surface area contributed by atoms with Gasteiger partial charge >= 0.3 is 0 Å². The van der Waals surface area contributed by atoms with Crippen LogP contribution in [0.25, 0.3) is 0 Å². The number of aliphatic imine (C=N–C) groups is 1. The van der Waals surface area contributed by atoms with E-state index in [9.17, 15) is 0 Å². The van der Waals surface area contributed by atoms with Gasteiger partial charge in [-0.05, 0) is 12.0 Å². The summed E-state index contributed by atoms with van der Waals surface area (Å²) in [6.07, 6.45) is 4.57. The van der Waals surface area contributed by atoms with Gasteiger partial charge in [-0.2, -0.15) is 0 Å². The summed E-state index contributed by atoms with van der Waals surface area (Å²) in [5.74, 6) is 1.41. The molecular weight excluding hydrogens is 240 g/mol. The lowest BCUT2D eigenvalue weighted by Crippen LogP contribution is -2.36. The van der Waals surface area contributed by atoms with Gasteiger partial charge in [0.05, 0.1) is 6.61 Å². The second-order valence-electron chi connectivity index (χ2n) is 3.95. The van der Waals surface area contributed by atoms with Crippen molar-refractivity contribution in [2.24, 2.45) is 4.99 Å². The molecular formula is C14H22N4O. The van der Waals surface area contributed by atoms with Crippen LogP contribution >= 0.6 is 0 Å². The SMILES string of the molecule is C=CCNC(=NC)NCc1ccc(OCCC)nc1. The fourth-order valence-electron chi connectivity index (χ4n) is 1.38. The lowest BCUT2D eigenvalue weighted by Gasteiger charge is -2.10. The molecule has 0 amide bonds. The van der Waals surface area contributed by atoms with Gasteiger partial charge in [0.15, 0.2) is 5.96 Å². The van der Waals surface area contributed by atoms with E-state index in [1.54, 1.807) is 19.3 Å². The number of nitrogens with one attached hydrogen (secondary N) is 2. The van der Waals surface area contributed by atoms with Crippen molar-refractivity contribution in [2.75, 3.05) is 20.2 Å². The zero-order valence-corrected chi connectivity index (χ0v) is 11.6. The van der Waals surface area contributed by atoms with E-state index in [1.807, 2.05) is 12.1 Å². The first-order valence-electron chi connectivity index (χ1n) is 6.43. The van der Waals surface area contributed by atoms with Crippen molar-refractivity contribution < 1.29 is 4.74 Å². The number of hydrogen-bond donors (Lipinski definition) is 2. The summed E-state index contributed by atoms with van der Waals surface area (Å²) in [5, 5.41) is 6.30. The first-order chi connectivity index (χ1) is 9.30. The monoisotopic (exact) mass is 262 g/mol. The summed E-state index contributed by atoms with van der Waals surface area (Å²) in [6, 6.07) is 3.87. The van der Waals surface area contributed by atoms with E-state index in [0.29, 0.717) is 25.6 Å². The predicted octanol–water partition coefficient (Wildman–Crippen LogP) is 1.72. The van der Waals surface area contributed by atoms with Gasteiger partial charge < -0.3 is 15.4 Å². The van der Waals surface area contributed by atoms with Crippen LogP contribution < -0.4 is 15.4 Å². The second kappa shape index (κ2) is 8.97. The number of hydrogen-bond acceptors (Lipinski definition) is 3. The van der Waals surface area contributed by atoms with Gasteiger partial charge in [0.2, 0.25) is 5.88 Å². The zero-order valence-electron chi connectivity index (χ0n) is 11.6. The van der Waals surface area contributed by atoms with Crippen molar-refractivity contribution in [3.8, 4) is 5.88 Å². The van der Waals surface area contributed by atoms with Crippen LogP contribution in [0.15, 0.2) is 36.0 Å². The molecule has 0 saturated carbocycles. The molecule has 1 rings (SSSR count). The molecule has 0 spiro atoms. The fourth-order valence-corrected chi connectivity index (χ4v) is 1.38. The molecule has 104 valence electrons. The number of rotatable bonds is 7. The number of nitrogens with zero attached hydrogens (tertiary/aromatic N) is 2. The van der Waals surface area contributed by atoms with E-state index in [2.05, 4.69) is 34.1 Å². The van der Waals surface area contributed by atoms with Gasteiger partial charge in [-0.15, -0.1) is 6.58 Å². The average Bonchev–Trinajstić information content (AvgIpc) is 2.46. The molecule has 5 nitrogen and oxygen atoms in total. The molecule has 0 bridgehead atoms. The van der Waals surface area contributed by atoms with E-state index in [-0.39, 0.29) is 0 Å². The first-order valence-corrected chi connectivity index (χ1v) is 6.43. The molecule has 0 radical (unpaired) electrons. The Hall–Kier alpha value is -2.04. The smallest absolute Gasteiger partial charge is 0.213 e. The van der Waals surface area contributed by atoms with Crippen molar-refractivity contribution in [3.63, 3.8) is 0 Å². The van der Waals surface area contributed by atoms with E-state index < -0.39 is 0 Å². The Labute approximate surface area is 114 Å². The average molecular weight is 262 g/mol. The lowest BCUT2D eigenvalue weighted by molar-refractivity contribution is 0.305. The van der Waals surface area contributed by atoms with Crippen LogP contribution in [0.2, 0.25) is 0 Å². The van der Waals surface area contributed by atoms with Crippen molar-refractivity contribution in [1.82, 2.24) is 15.6 Å². The highest BCUT2D eigenvalue weighted by atomic mass is 16.5. The molecule has 19 heavy (non-hydrogen) atoms. The first kappa shape index (κ1) is 15.0. The van der Waals surface area contributed by atoms with E-state index in [4.69, 9.17) is 4.74 Å². The zero-order chi connectivity index (χ0) is 13.9. The summed E-state index contributed by atoms with van der Waals surface area (Å²) < 4.78 is 5.43. The Balaban J connectivity index is 2.42. The third-order valence-electron chi connectivity index (χ3n) is 2.35. The third kappa shape index (κ3) is 5.90. The Morgan fingerprint density at radius 3 is 2.89 bits per heavy atom. The molecule has 1 aromatic rings. The largest absolute Gasteiger partial charge is 0.478 e. The van der Waals surface area contributed by atoms with Crippen LogP contribution in [0, 0.1) is 0 Å². The molecule has 0 aliphatic carbocycles. The second-order valence-corrected chi connectivity index (χ2v) is 3.95. The maximum atomic E-state index is 5.43. The lowest BCUT2D eigenvalue weighted by atomic mass is 10.3. The molecule has 1 aromatic heterocycles. The molecule has 0 aliphatic heterocycles. The predicted molar refractivity (Wildman–Crippen MR) is 78.4 cm³/mol. The molecule has 0 unspecified atom stereocenters. The summed E-state index contributed by atoms with van der Waals surface area (Å²) >= 11 is 0. The molecule has 0 aromatic carbocycles. The molecule has 5 heteroatoms. The van der Waals surface area contributed by atoms with E-state index >= 15 is 0 Å². The van der Waals surface area contributed by atoms with Crippen LogP contribution in [0.1, 0.15) is 18.9 Å². The van der Waals surface area contributed by atoms with Crippen LogP contribution in [0.5, 0.6) is 5.88 Å². The van der Waals surface area contributed by atoms with Crippen LogP contribution in [-0.4, -0.2) is 31.1 Å². The molecule has 0 fully saturated rings. The Bertz CT molecular complexity index is 400. The Morgan fingerprint density at radius 2 is 2.32 bits per heavy atom. The summed E-state index contributed by atoms with van der Waals surface area (Å²) in [4.78, 5) is 8.34. The number of pyridine rings is 1. The normalized spacial score (nSPS) is 10.9. The van der Waals surface area contributed by atoms with Gasteiger partial charge in [0.1, 0.15) is 0 Å². The van der Waals surface area contributed by atoms with E-state index in [1.165, 1.54) is 0 Å². The summed E-state index contributed by atoms with van der Waals surface area (Å²) in [5.41, 5.74) is 1.07. The minimum atomic E-state index is 0.665. The van der Waals surface area contributed by atoms with Crippen LogP contribution in [0.3, 0.4) is 0 Å². The maximum Gasteiger partial charge on any atom is 0.213 e. The van der Waals surface area contributed by atoms with E-state index in [0.717, 1.165) is 17.9 Å². The summed E-state index contributed by atoms with van der Waals surface area (Å²) in [7, 11) is 1.73. The molecule has 0 aliphatic rings. The molecule has 0 atom stereocenters. The Morgan fingerprint density at radius 1 is 1.47 bits per heavy atom. The minimum Gasteiger partial charge on any atom is -0.478 e. The van der Waals surface area contributed by atoms with Crippen molar-refractivity contribution in [3.05, 3.63) is 36.5 Å². The highest BCUT2D eigenvalue weighted by Crippen LogP contribution is 2.07. The minimum absolute atomic E-state index is 0.665. The topological polar surface area (TPSA) is 58.5 Å². The van der Waals surface area contributed by atoms with Gasteiger partial charge in [-0.1, -0.05) is 19.1 Å². The standard InChI is InChI=1S/C14H22N4O/c1-4-8-16-14(15-3)18-11-12-6-7-13(17-10-12)19-9-5-2/h4,6-7,10H,1,5,8-9,11H2,2-3H3,(H2,15,16,18). The summed E-state index contributed by atoms with van der Waals surface area (Å²) in [6.45, 7) is 7.76. The van der Waals surface area contributed by atoms with Gasteiger partial charge in [-0.3, -0.25) is 4.99 Å². The quantitative estimate of drug-likeness (QED) is 0.446. The van der Waals surface area contributed by atoms with Crippen molar-refractivity contribution in [1.29, 1.82) is 0 Å². The highest BCUT2D eigenvalue weighted by molar-refractivity contribution is 5.79. The van der Waals surface area contributed by atoms with Gasteiger partial charge in [0.25, 0.3) is 0 Å². The number of ether oxygens (including phenoxy) is 1. The maximum absolute atomic E-state index is 5.43. The molecule has 2 N–H and O–H groups in total. The number of aromatic nitrogens is 1. The van der Waals surface area contributed by atoms with Crippen molar-refractivity contribution >= 4 is 5.96 Å². The van der Waals surface area contributed by atoms with Crippen molar-refractivity contribution in [2.45, 2.75) is 19.9 Å².